The minimum Gasteiger partial charge on any atom is -0.384 e. The van der Waals surface area contributed by atoms with E-state index in [1.807, 2.05) is 6.07 Å². The van der Waals surface area contributed by atoms with Gasteiger partial charge < -0.3 is 5.32 Å². The number of nitrogens with zero attached hydrogens (tertiary/aromatic N) is 1. The van der Waals surface area contributed by atoms with E-state index < -0.39 is 5.92 Å². The normalized spacial score (nSPS) is 10.8. The lowest BCUT2D eigenvalue weighted by Crippen LogP contribution is -2.16. The number of hydrogen-bond donors (Lipinski definition) is 1. The molecule has 0 atom stereocenters. The molecular formula is C11H12F2N2. The molecule has 1 rings (SSSR count). The van der Waals surface area contributed by atoms with Gasteiger partial charge in [-0.2, -0.15) is 5.26 Å². The lowest BCUT2D eigenvalue weighted by molar-refractivity contribution is 0.0167. The molecule has 0 aliphatic heterocycles. The molecule has 0 aliphatic carbocycles. The van der Waals surface area contributed by atoms with Gasteiger partial charge in [0.2, 0.25) is 5.92 Å². The van der Waals surface area contributed by atoms with Gasteiger partial charge in [-0.15, -0.1) is 0 Å². The van der Waals surface area contributed by atoms with Crippen LogP contribution in [0.4, 0.5) is 14.5 Å². The van der Waals surface area contributed by atoms with Gasteiger partial charge in [-0.05, 0) is 19.1 Å². The third-order valence-electron chi connectivity index (χ3n) is 1.93. The molecule has 0 unspecified atom stereocenters. The topological polar surface area (TPSA) is 35.8 Å². The van der Waals surface area contributed by atoms with Gasteiger partial charge in [0, 0.05) is 13.0 Å². The molecule has 15 heavy (non-hydrogen) atoms. The van der Waals surface area contributed by atoms with Crippen LogP contribution >= 0.6 is 0 Å². The molecule has 0 bridgehead atoms. The van der Waals surface area contributed by atoms with Crippen LogP contribution in [0.2, 0.25) is 0 Å². The largest absolute Gasteiger partial charge is 0.384 e. The Morgan fingerprint density at radius 1 is 1.40 bits per heavy atom. The summed E-state index contributed by atoms with van der Waals surface area (Å²) in [5.74, 6) is -2.67. The van der Waals surface area contributed by atoms with Crippen LogP contribution in [0, 0.1) is 11.3 Å². The fourth-order valence-corrected chi connectivity index (χ4v) is 1.15. The van der Waals surface area contributed by atoms with Gasteiger partial charge in [0.05, 0.1) is 11.3 Å². The molecule has 0 heterocycles. The first-order valence-corrected chi connectivity index (χ1v) is 4.64. The molecule has 0 fully saturated rings. The van der Waals surface area contributed by atoms with Crippen LogP contribution in [0.15, 0.2) is 24.3 Å². The summed E-state index contributed by atoms with van der Waals surface area (Å²) in [6.45, 7) is 1.03. The van der Waals surface area contributed by atoms with E-state index in [9.17, 15) is 8.78 Å². The molecule has 80 valence electrons. The highest BCUT2D eigenvalue weighted by Crippen LogP contribution is 2.18. The summed E-state index contributed by atoms with van der Waals surface area (Å²) in [6, 6.07) is 8.83. The minimum atomic E-state index is -2.67. The van der Waals surface area contributed by atoms with Crippen molar-refractivity contribution >= 4 is 5.69 Å². The molecule has 0 spiro atoms. The molecule has 0 saturated carbocycles. The zero-order chi connectivity index (χ0) is 11.3. The van der Waals surface area contributed by atoms with E-state index in [0.29, 0.717) is 11.3 Å². The summed E-state index contributed by atoms with van der Waals surface area (Å²) in [7, 11) is 0. The number of halogens is 2. The number of rotatable bonds is 4. The maximum absolute atomic E-state index is 12.5. The Labute approximate surface area is 87.5 Å². The predicted molar refractivity (Wildman–Crippen MR) is 54.9 cm³/mol. The van der Waals surface area contributed by atoms with E-state index >= 15 is 0 Å². The monoisotopic (exact) mass is 210 g/mol. The predicted octanol–water partition coefficient (Wildman–Crippen LogP) is 3.02. The first-order valence-electron chi connectivity index (χ1n) is 4.64. The average molecular weight is 210 g/mol. The molecule has 1 N–H and O–H groups in total. The van der Waals surface area contributed by atoms with E-state index in [1.54, 1.807) is 24.3 Å². The van der Waals surface area contributed by atoms with E-state index in [0.717, 1.165) is 6.92 Å². The molecule has 2 nitrogen and oxygen atoms in total. The Hall–Kier alpha value is -1.63. The lowest BCUT2D eigenvalue weighted by Gasteiger charge is -2.12. The highest BCUT2D eigenvalue weighted by molar-refractivity contribution is 5.56. The van der Waals surface area contributed by atoms with Crippen LogP contribution in [-0.2, 0) is 0 Å². The van der Waals surface area contributed by atoms with Gasteiger partial charge in [0.15, 0.2) is 0 Å². The number of nitriles is 1. The molecule has 1 aromatic carbocycles. The first-order chi connectivity index (χ1) is 7.03. The lowest BCUT2D eigenvalue weighted by atomic mass is 10.2. The number of alkyl halides is 2. The van der Waals surface area contributed by atoms with Gasteiger partial charge in [-0.25, -0.2) is 8.78 Å². The molecule has 0 aromatic heterocycles. The van der Waals surface area contributed by atoms with Crippen molar-refractivity contribution in [3.63, 3.8) is 0 Å². The van der Waals surface area contributed by atoms with Crippen molar-refractivity contribution in [2.24, 2.45) is 0 Å². The standard InChI is InChI=1S/C11H12F2N2/c1-11(12,13)6-7-15-10-5-3-2-4-9(10)8-14/h2-5,15H,6-7H2,1H3. The van der Waals surface area contributed by atoms with Crippen LogP contribution in [0.5, 0.6) is 0 Å². The van der Waals surface area contributed by atoms with Gasteiger partial charge >= 0.3 is 0 Å². The van der Waals surface area contributed by atoms with Crippen LogP contribution < -0.4 is 5.32 Å². The van der Waals surface area contributed by atoms with Gasteiger partial charge in [-0.3, -0.25) is 0 Å². The van der Waals surface area contributed by atoms with Gasteiger partial charge in [-0.1, -0.05) is 12.1 Å². The number of hydrogen-bond acceptors (Lipinski definition) is 2. The molecular weight excluding hydrogens is 198 g/mol. The summed E-state index contributed by atoms with van der Waals surface area (Å²) in [5, 5.41) is 11.6. The first kappa shape index (κ1) is 11.4. The Morgan fingerprint density at radius 3 is 2.67 bits per heavy atom. The van der Waals surface area contributed by atoms with Crippen LogP contribution in [-0.4, -0.2) is 12.5 Å². The molecule has 0 saturated heterocycles. The van der Waals surface area contributed by atoms with Crippen molar-refractivity contribution in [3.05, 3.63) is 29.8 Å². The summed E-state index contributed by atoms with van der Waals surface area (Å²) in [5.41, 5.74) is 1.07. The Balaban J connectivity index is 2.55. The average Bonchev–Trinajstić information content (AvgIpc) is 2.16. The summed E-state index contributed by atoms with van der Waals surface area (Å²) < 4.78 is 25.0. The van der Waals surface area contributed by atoms with Crippen LogP contribution in [0.1, 0.15) is 18.9 Å². The maximum Gasteiger partial charge on any atom is 0.247 e. The van der Waals surface area contributed by atoms with Crippen molar-refractivity contribution in [2.75, 3.05) is 11.9 Å². The third kappa shape index (κ3) is 3.94. The molecule has 0 aliphatic rings. The smallest absolute Gasteiger partial charge is 0.247 e. The summed E-state index contributed by atoms with van der Waals surface area (Å²) in [6.07, 6.45) is -0.243. The molecule has 0 amide bonds. The minimum absolute atomic E-state index is 0.155. The Bertz CT molecular complexity index is 364. The molecule has 4 heteroatoms. The van der Waals surface area contributed by atoms with Crippen molar-refractivity contribution < 1.29 is 8.78 Å². The van der Waals surface area contributed by atoms with Crippen LogP contribution in [0.3, 0.4) is 0 Å². The quantitative estimate of drug-likeness (QED) is 0.829. The van der Waals surface area contributed by atoms with E-state index in [1.165, 1.54) is 0 Å². The van der Waals surface area contributed by atoms with Gasteiger partial charge in [0.1, 0.15) is 6.07 Å². The number of anilines is 1. The summed E-state index contributed by atoms with van der Waals surface area (Å²) in [4.78, 5) is 0. The molecule has 1 aromatic rings. The fourth-order valence-electron chi connectivity index (χ4n) is 1.15. The second-order valence-electron chi connectivity index (χ2n) is 3.40. The number of benzene rings is 1. The molecule has 0 radical (unpaired) electrons. The zero-order valence-corrected chi connectivity index (χ0v) is 8.43. The number of nitrogens with one attached hydrogen (secondary N) is 1. The van der Waals surface area contributed by atoms with Gasteiger partial charge in [0.25, 0.3) is 0 Å². The van der Waals surface area contributed by atoms with Crippen molar-refractivity contribution in [1.82, 2.24) is 0 Å². The van der Waals surface area contributed by atoms with E-state index in [-0.39, 0.29) is 13.0 Å². The highest BCUT2D eigenvalue weighted by Gasteiger charge is 2.19. The zero-order valence-electron chi connectivity index (χ0n) is 8.43. The van der Waals surface area contributed by atoms with Crippen LogP contribution in [0.25, 0.3) is 0 Å². The Morgan fingerprint density at radius 2 is 2.07 bits per heavy atom. The second kappa shape index (κ2) is 4.74. The second-order valence-corrected chi connectivity index (χ2v) is 3.40. The van der Waals surface area contributed by atoms with Crippen molar-refractivity contribution in [2.45, 2.75) is 19.3 Å². The highest BCUT2D eigenvalue weighted by atomic mass is 19.3. The third-order valence-corrected chi connectivity index (χ3v) is 1.93. The van der Waals surface area contributed by atoms with Crippen molar-refractivity contribution in [1.29, 1.82) is 5.26 Å². The SMILES string of the molecule is CC(F)(F)CCNc1ccccc1C#N. The fraction of sp³-hybridized carbons (Fsp3) is 0.364. The maximum atomic E-state index is 12.5. The number of para-hydroxylation sites is 1. The van der Waals surface area contributed by atoms with Crippen molar-refractivity contribution in [3.8, 4) is 6.07 Å². The van der Waals surface area contributed by atoms with E-state index in [2.05, 4.69) is 5.32 Å². The Kier molecular flexibility index (Phi) is 3.62. The summed E-state index contributed by atoms with van der Waals surface area (Å²) >= 11 is 0. The van der Waals surface area contributed by atoms with E-state index in [4.69, 9.17) is 5.26 Å².